The van der Waals surface area contributed by atoms with Gasteiger partial charge in [0.1, 0.15) is 23.7 Å². The molecule has 0 N–H and O–H groups in total. The van der Waals surface area contributed by atoms with Crippen molar-refractivity contribution in [2.75, 3.05) is 33.9 Å². The van der Waals surface area contributed by atoms with E-state index in [0.717, 1.165) is 29.5 Å². The highest BCUT2D eigenvalue weighted by atomic mass is 32.2. The summed E-state index contributed by atoms with van der Waals surface area (Å²) in [6, 6.07) is 20.6. The molecule has 1 unspecified atom stereocenters. The third kappa shape index (κ3) is 6.12. The second-order valence-electron chi connectivity index (χ2n) is 10.8. The van der Waals surface area contributed by atoms with E-state index < -0.39 is 16.1 Å². The summed E-state index contributed by atoms with van der Waals surface area (Å²) in [4.78, 5) is 15.2. The van der Waals surface area contributed by atoms with Crippen LogP contribution in [0.3, 0.4) is 0 Å². The molecule has 2 aliphatic rings. The zero-order chi connectivity index (χ0) is 29.1. The molecule has 1 amide bonds. The van der Waals surface area contributed by atoms with Crippen molar-refractivity contribution in [1.82, 2.24) is 9.21 Å². The first kappa shape index (κ1) is 29.1. The molecule has 0 spiro atoms. The number of benzene rings is 3. The first-order valence-corrected chi connectivity index (χ1v) is 15.6. The number of ether oxygens (including phenoxy) is 3. The number of likely N-dealkylation sites (tertiary alicyclic amines) is 1. The molecule has 3 aromatic carbocycles. The maximum atomic E-state index is 13.6. The standard InChI is InChI=1S/C32H38N2O6S/c1-22-10-5-6-14-26(22)27-15-9-17-34(27)41(36,37)21-24-12-8-13-25(18-24)40-30-20-33(19-29(30)39-4)32(35)31-23(2)11-7-16-28(31)38-3/h5-8,10-14,16,18,27,29-30H,9,15,17,19-21H2,1-4H3/t27?,29-,30-/m1/s1. The van der Waals surface area contributed by atoms with Gasteiger partial charge in [-0.2, -0.15) is 4.31 Å². The van der Waals surface area contributed by atoms with Crippen LogP contribution in [0.15, 0.2) is 66.7 Å². The van der Waals surface area contributed by atoms with E-state index >= 15 is 0 Å². The van der Waals surface area contributed by atoms with Crippen molar-refractivity contribution in [3.05, 3.63) is 94.5 Å². The first-order chi connectivity index (χ1) is 19.7. The van der Waals surface area contributed by atoms with Gasteiger partial charge in [0, 0.05) is 13.7 Å². The normalized spacial score (nSPS) is 21.3. The Bertz CT molecular complexity index is 1510. The van der Waals surface area contributed by atoms with E-state index in [0.29, 0.717) is 42.3 Å². The number of carbonyl (C=O) groups excluding carboxylic acids is 1. The molecule has 8 nitrogen and oxygen atoms in total. The molecule has 0 bridgehead atoms. The van der Waals surface area contributed by atoms with Crippen LogP contribution in [0.4, 0.5) is 0 Å². The molecule has 3 aromatic rings. The Balaban J connectivity index is 1.29. The van der Waals surface area contributed by atoms with Gasteiger partial charge < -0.3 is 19.1 Å². The van der Waals surface area contributed by atoms with Crippen molar-refractivity contribution in [3.8, 4) is 11.5 Å². The summed E-state index contributed by atoms with van der Waals surface area (Å²) in [5, 5.41) is 0. The minimum absolute atomic E-state index is 0.108. The Morgan fingerprint density at radius 2 is 1.66 bits per heavy atom. The maximum absolute atomic E-state index is 13.6. The van der Waals surface area contributed by atoms with Crippen molar-refractivity contribution < 1.29 is 27.4 Å². The van der Waals surface area contributed by atoms with Crippen LogP contribution in [0.25, 0.3) is 0 Å². The quantitative estimate of drug-likeness (QED) is 0.359. The summed E-state index contributed by atoms with van der Waals surface area (Å²) in [6.45, 7) is 5.15. The highest BCUT2D eigenvalue weighted by Gasteiger charge is 2.39. The summed E-state index contributed by atoms with van der Waals surface area (Å²) in [5.74, 6) is 0.832. The SMILES string of the molecule is COc1cccc(C)c1C(=O)N1C[C@@H](OC)[C@H](Oc2cccc(CS(=O)(=O)N3CCCC3c3ccccc3C)c2)C1. The highest BCUT2D eigenvalue weighted by molar-refractivity contribution is 7.88. The molecular weight excluding hydrogens is 540 g/mol. The second kappa shape index (κ2) is 12.2. The van der Waals surface area contributed by atoms with Gasteiger partial charge in [-0.25, -0.2) is 8.42 Å². The summed E-state index contributed by atoms with van der Waals surface area (Å²) in [5.41, 5.74) is 4.20. The molecule has 41 heavy (non-hydrogen) atoms. The van der Waals surface area contributed by atoms with Crippen LogP contribution in [-0.4, -0.2) is 69.6 Å². The summed E-state index contributed by atoms with van der Waals surface area (Å²) >= 11 is 0. The van der Waals surface area contributed by atoms with E-state index in [9.17, 15) is 13.2 Å². The molecule has 2 fully saturated rings. The van der Waals surface area contributed by atoms with Gasteiger partial charge in [0.15, 0.2) is 0 Å². The molecule has 9 heteroatoms. The van der Waals surface area contributed by atoms with E-state index in [1.165, 1.54) is 0 Å². The second-order valence-corrected chi connectivity index (χ2v) is 12.7. The van der Waals surface area contributed by atoms with Gasteiger partial charge in [-0.1, -0.05) is 48.5 Å². The first-order valence-electron chi connectivity index (χ1n) is 14.0. The molecule has 0 aliphatic carbocycles. The Labute approximate surface area is 242 Å². The minimum atomic E-state index is -3.56. The van der Waals surface area contributed by atoms with Gasteiger partial charge in [0.25, 0.3) is 5.91 Å². The zero-order valence-corrected chi connectivity index (χ0v) is 24.9. The topological polar surface area (TPSA) is 85.4 Å². The highest BCUT2D eigenvalue weighted by Crippen LogP contribution is 2.37. The molecule has 0 aromatic heterocycles. The number of carbonyl (C=O) groups is 1. The molecule has 2 aliphatic heterocycles. The van der Waals surface area contributed by atoms with E-state index in [1.54, 1.807) is 41.6 Å². The summed E-state index contributed by atoms with van der Waals surface area (Å²) in [7, 11) is -0.400. The lowest BCUT2D eigenvalue weighted by Crippen LogP contribution is -2.32. The smallest absolute Gasteiger partial charge is 0.258 e. The Kier molecular flexibility index (Phi) is 8.68. The van der Waals surface area contributed by atoms with Crippen molar-refractivity contribution in [2.45, 2.75) is 50.7 Å². The predicted octanol–water partition coefficient (Wildman–Crippen LogP) is 4.90. The van der Waals surface area contributed by atoms with E-state index in [-0.39, 0.29) is 23.8 Å². The number of nitrogens with zero attached hydrogens (tertiary/aromatic N) is 2. The molecule has 2 saturated heterocycles. The van der Waals surface area contributed by atoms with Crippen molar-refractivity contribution in [3.63, 3.8) is 0 Å². The Hall–Kier alpha value is -3.40. The molecule has 2 heterocycles. The molecule has 0 saturated carbocycles. The average Bonchev–Trinajstić information content (AvgIpc) is 3.61. The number of aryl methyl sites for hydroxylation is 2. The average molecular weight is 579 g/mol. The monoisotopic (exact) mass is 578 g/mol. The van der Waals surface area contributed by atoms with Crippen LogP contribution in [-0.2, 0) is 20.5 Å². The van der Waals surface area contributed by atoms with Crippen molar-refractivity contribution in [2.24, 2.45) is 0 Å². The largest absolute Gasteiger partial charge is 0.496 e. The van der Waals surface area contributed by atoms with Crippen LogP contribution in [0.5, 0.6) is 11.5 Å². The van der Waals surface area contributed by atoms with Gasteiger partial charge in [0.05, 0.1) is 37.6 Å². The molecule has 3 atom stereocenters. The third-order valence-corrected chi connectivity index (χ3v) is 9.97. The van der Waals surface area contributed by atoms with E-state index in [1.807, 2.05) is 62.4 Å². The van der Waals surface area contributed by atoms with Crippen molar-refractivity contribution in [1.29, 1.82) is 0 Å². The fourth-order valence-corrected chi connectivity index (χ4v) is 7.79. The minimum Gasteiger partial charge on any atom is -0.496 e. The number of rotatable bonds is 9. The van der Waals surface area contributed by atoms with Crippen LogP contribution in [0.1, 0.15) is 51.5 Å². The van der Waals surface area contributed by atoms with Gasteiger partial charge in [0.2, 0.25) is 10.0 Å². The van der Waals surface area contributed by atoms with Crippen LogP contribution in [0.2, 0.25) is 0 Å². The third-order valence-electron chi connectivity index (χ3n) is 8.12. The van der Waals surface area contributed by atoms with Gasteiger partial charge >= 0.3 is 0 Å². The van der Waals surface area contributed by atoms with E-state index in [4.69, 9.17) is 14.2 Å². The number of hydrogen-bond acceptors (Lipinski definition) is 6. The van der Waals surface area contributed by atoms with Crippen LogP contribution < -0.4 is 9.47 Å². The Morgan fingerprint density at radius 1 is 0.927 bits per heavy atom. The maximum Gasteiger partial charge on any atom is 0.258 e. The summed E-state index contributed by atoms with van der Waals surface area (Å²) < 4.78 is 46.3. The number of methoxy groups -OCH3 is 2. The molecule has 5 rings (SSSR count). The van der Waals surface area contributed by atoms with Crippen molar-refractivity contribution >= 4 is 15.9 Å². The fraction of sp³-hybridized carbons (Fsp3) is 0.406. The zero-order valence-electron chi connectivity index (χ0n) is 24.1. The molecular formula is C32H38N2O6S. The van der Waals surface area contributed by atoms with E-state index in [2.05, 4.69) is 0 Å². The number of hydrogen-bond donors (Lipinski definition) is 0. The Morgan fingerprint density at radius 3 is 2.41 bits per heavy atom. The van der Waals surface area contributed by atoms with Gasteiger partial charge in [-0.3, -0.25) is 4.79 Å². The predicted molar refractivity (Wildman–Crippen MR) is 158 cm³/mol. The lowest BCUT2D eigenvalue weighted by molar-refractivity contribution is 0.0339. The fourth-order valence-electron chi connectivity index (χ4n) is 6.01. The van der Waals surface area contributed by atoms with Crippen LogP contribution in [0, 0.1) is 13.8 Å². The lowest BCUT2D eigenvalue weighted by Gasteiger charge is -2.26. The molecule has 218 valence electrons. The summed E-state index contributed by atoms with van der Waals surface area (Å²) in [6.07, 6.45) is 0.915. The lowest BCUT2D eigenvalue weighted by atomic mass is 10.0. The van der Waals surface area contributed by atoms with Gasteiger partial charge in [-0.15, -0.1) is 0 Å². The number of amides is 1. The number of sulfonamides is 1. The molecule has 0 radical (unpaired) electrons. The van der Waals surface area contributed by atoms with Crippen LogP contribution >= 0.6 is 0 Å². The van der Waals surface area contributed by atoms with Gasteiger partial charge in [-0.05, 0) is 67.1 Å².